The Morgan fingerprint density at radius 2 is 1.67 bits per heavy atom. The highest BCUT2D eigenvalue weighted by Crippen LogP contribution is 2.41. The third-order valence-corrected chi connectivity index (χ3v) is 6.03. The minimum absolute atomic E-state index is 0.113. The summed E-state index contributed by atoms with van der Waals surface area (Å²) in [6, 6.07) is 20.1. The Morgan fingerprint density at radius 3 is 2.39 bits per heavy atom. The lowest BCUT2D eigenvalue weighted by Gasteiger charge is -2.26. The lowest BCUT2D eigenvalue weighted by atomic mass is 9.92. The normalized spacial score (nSPS) is 17.5. The number of ketones is 1. The van der Waals surface area contributed by atoms with Crippen LogP contribution in [0, 0.1) is 20.8 Å². The van der Waals surface area contributed by atoms with E-state index >= 15 is 0 Å². The molecule has 4 rings (SSSR count). The van der Waals surface area contributed by atoms with Crippen molar-refractivity contribution in [1.29, 1.82) is 0 Å². The van der Waals surface area contributed by atoms with Crippen molar-refractivity contribution in [3.63, 3.8) is 0 Å². The molecule has 0 aromatic heterocycles. The van der Waals surface area contributed by atoms with E-state index < -0.39 is 17.7 Å². The number of benzene rings is 3. The summed E-state index contributed by atoms with van der Waals surface area (Å²) in [5, 5.41) is 11.3. The Morgan fingerprint density at radius 1 is 0.939 bits per heavy atom. The standard InChI is InChI=1S/C28H27NO4/c1-17-7-5-9-21(13-17)25-24(26(30)23-14-18(2)11-12-19(23)3)27(31)28(32)29(25)16-20-8-6-10-22(15-20)33-4/h5-15,25,30H,16H2,1-4H3/b26-24+. The van der Waals surface area contributed by atoms with E-state index in [2.05, 4.69) is 0 Å². The smallest absolute Gasteiger partial charge is 0.295 e. The highest BCUT2D eigenvalue weighted by Gasteiger charge is 2.46. The second kappa shape index (κ2) is 8.94. The molecule has 5 nitrogen and oxygen atoms in total. The number of amides is 1. The van der Waals surface area contributed by atoms with E-state index in [4.69, 9.17) is 4.74 Å². The first kappa shape index (κ1) is 22.3. The number of carbonyl (C=O) groups excluding carboxylic acids is 2. The van der Waals surface area contributed by atoms with Gasteiger partial charge in [-0.05, 0) is 55.7 Å². The van der Waals surface area contributed by atoms with Crippen LogP contribution in [0.2, 0.25) is 0 Å². The highest BCUT2D eigenvalue weighted by atomic mass is 16.5. The highest BCUT2D eigenvalue weighted by molar-refractivity contribution is 6.46. The second-order valence-corrected chi connectivity index (χ2v) is 8.51. The van der Waals surface area contributed by atoms with Crippen LogP contribution in [0.25, 0.3) is 5.76 Å². The number of hydrogen-bond donors (Lipinski definition) is 1. The molecule has 33 heavy (non-hydrogen) atoms. The van der Waals surface area contributed by atoms with Gasteiger partial charge in [-0.15, -0.1) is 0 Å². The third kappa shape index (κ3) is 4.27. The average Bonchev–Trinajstić information content (AvgIpc) is 3.05. The first-order valence-corrected chi connectivity index (χ1v) is 10.9. The Hall–Kier alpha value is -3.86. The van der Waals surface area contributed by atoms with E-state index in [0.717, 1.165) is 27.8 Å². The largest absolute Gasteiger partial charge is 0.507 e. The van der Waals surface area contributed by atoms with Crippen molar-refractivity contribution >= 4 is 17.4 Å². The average molecular weight is 442 g/mol. The number of rotatable bonds is 5. The van der Waals surface area contributed by atoms with Crippen molar-refractivity contribution in [1.82, 2.24) is 4.90 Å². The molecule has 1 N–H and O–H groups in total. The zero-order chi connectivity index (χ0) is 23.7. The van der Waals surface area contributed by atoms with Crippen molar-refractivity contribution in [3.05, 3.63) is 106 Å². The van der Waals surface area contributed by atoms with Crippen LogP contribution in [0.15, 0.2) is 72.3 Å². The lowest BCUT2D eigenvalue weighted by molar-refractivity contribution is -0.140. The van der Waals surface area contributed by atoms with Crippen LogP contribution in [0.1, 0.15) is 39.4 Å². The summed E-state index contributed by atoms with van der Waals surface area (Å²) in [6.45, 7) is 5.98. The van der Waals surface area contributed by atoms with E-state index in [1.807, 2.05) is 87.5 Å². The fourth-order valence-corrected chi connectivity index (χ4v) is 4.33. The van der Waals surface area contributed by atoms with Gasteiger partial charge >= 0.3 is 0 Å². The number of methoxy groups -OCH3 is 1. The summed E-state index contributed by atoms with van der Waals surface area (Å²) < 4.78 is 5.32. The number of nitrogens with zero attached hydrogens (tertiary/aromatic N) is 1. The third-order valence-electron chi connectivity index (χ3n) is 6.03. The Kier molecular flexibility index (Phi) is 6.05. The van der Waals surface area contributed by atoms with E-state index in [0.29, 0.717) is 11.3 Å². The fourth-order valence-electron chi connectivity index (χ4n) is 4.33. The molecule has 0 radical (unpaired) electrons. The fraction of sp³-hybridized carbons (Fsp3) is 0.214. The Balaban J connectivity index is 1.89. The predicted octanol–water partition coefficient (Wildman–Crippen LogP) is 5.24. The molecule has 3 aromatic carbocycles. The summed E-state index contributed by atoms with van der Waals surface area (Å²) in [4.78, 5) is 28.0. The monoisotopic (exact) mass is 441 g/mol. The van der Waals surface area contributed by atoms with E-state index in [-0.39, 0.29) is 17.9 Å². The SMILES string of the molecule is COc1cccc(CN2C(=O)C(=O)/C(=C(/O)c3cc(C)ccc3C)C2c2cccc(C)c2)c1. The quantitative estimate of drug-likeness (QED) is 0.334. The maximum Gasteiger partial charge on any atom is 0.295 e. The van der Waals surface area contributed by atoms with Crippen LogP contribution >= 0.6 is 0 Å². The molecule has 1 saturated heterocycles. The molecule has 5 heteroatoms. The lowest BCUT2D eigenvalue weighted by Crippen LogP contribution is -2.29. The van der Waals surface area contributed by atoms with Crippen LogP contribution in [-0.2, 0) is 16.1 Å². The molecule has 0 aliphatic carbocycles. The zero-order valence-electron chi connectivity index (χ0n) is 19.3. The van der Waals surface area contributed by atoms with Crippen LogP contribution in [0.4, 0.5) is 0 Å². The van der Waals surface area contributed by atoms with Gasteiger partial charge in [-0.3, -0.25) is 9.59 Å². The molecular formula is C28H27NO4. The molecule has 0 saturated carbocycles. The number of carbonyl (C=O) groups is 2. The molecule has 1 aliphatic rings. The maximum atomic E-state index is 13.3. The number of aryl methyl sites for hydroxylation is 3. The molecule has 1 amide bonds. The molecular weight excluding hydrogens is 414 g/mol. The maximum absolute atomic E-state index is 13.3. The van der Waals surface area contributed by atoms with Gasteiger partial charge in [-0.2, -0.15) is 0 Å². The number of aliphatic hydroxyl groups is 1. The molecule has 1 fully saturated rings. The minimum Gasteiger partial charge on any atom is -0.507 e. The molecule has 1 aliphatic heterocycles. The van der Waals surface area contributed by atoms with Crippen molar-refractivity contribution < 1.29 is 19.4 Å². The molecule has 1 heterocycles. The van der Waals surface area contributed by atoms with Gasteiger partial charge in [0, 0.05) is 12.1 Å². The summed E-state index contributed by atoms with van der Waals surface area (Å²) >= 11 is 0. The molecule has 0 spiro atoms. The van der Waals surface area contributed by atoms with Gasteiger partial charge in [0.2, 0.25) is 0 Å². The van der Waals surface area contributed by atoms with E-state index in [1.165, 1.54) is 4.90 Å². The van der Waals surface area contributed by atoms with Crippen molar-refractivity contribution in [2.45, 2.75) is 33.4 Å². The van der Waals surface area contributed by atoms with Crippen molar-refractivity contribution in [2.24, 2.45) is 0 Å². The Labute approximate surface area is 193 Å². The van der Waals surface area contributed by atoms with Gasteiger partial charge in [0.1, 0.15) is 11.5 Å². The molecule has 1 unspecified atom stereocenters. The molecule has 1 atom stereocenters. The molecule has 168 valence electrons. The summed E-state index contributed by atoms with van der Waals surface area (Å²) in [5.74, 6) is -0.778. The Bertz CT molecular complexity index is 1270. The minimum atomic E-state index is -0.698. The van der Waals surface area contributed by atoms with Crippen LogP contribution in [0.5, 0.6) is 5.75 Å². The predicted molar refractivity (Wildman–Crippen MR) is 128 cm³/mol. The first-order valence-electron chi connectivity index (χ1n) is 10.9. The first-order chi connectivity index (χ1) is 15.8. The van der Waals surface area contributed by atoms with Gasteiger partial charge in [0.15, 0.2) is 0 Å². The van der Waals surface area contributed by atoms with Crippen molar-refractivity contribution in [3.8, 4) is 5.75 Å². The van der Waals surface area contributed by atoms with Crippen LogP contribution in [-0.4, -0.2) is 28.8 Å². The van der Waals surface area contributed by atoms with Gasteiger partial charge in [0.25, 0.3) is 11.7 Å². The number of Topliss-reactive ketones (excluding diaryl/α,β-unsaturated/α-hetero) is 1. The summed E-state index contributed by atoms with van der Waals surface area (Å²) in [6.07, 6.45) is 0. The summed E-state index contributed by atoms with van der Waals surface area (Å²) in [5.41, 5.74) is 5.09. The topological polar surface area (TPSA) is 66.8 Å². The van der Waals surface area contributed by atoms with E-state index in [9.17, 15) is 14.7 Å². The zero-order valence-corrected chi connectivity index (χ0v) is 19.3. The van der Waals surface area contributed by atoms with Gasteiger partial charge in [0.05, 0.1) is 18.7 Å². The molecule has 3 aromatic rings. The summed E-state index contributed by atoms with van der Waals surface area (Å²) in [7, 11) is 1.59. The number of ether oxygens (including phenoxy) is 1. The van der Waals surface area contributed by atoms with Gasteiger partial charge in [-0.1, -0.05) is 59.7 Å². The number of hydrogen-bond acceptors (Lipinski definition) is 4. The van der Waals surface area contributed by atoms with Crippen LogP contribution < -0.4 is 4.74 Å². The number of likely N-dealkylation sites (tertiary alicyclic amines) is 1. The van der Waals surface area contributed by atoms with Gasteiger partial charge in [-0.25, -0.2) is 0 Å². The van der Waals surface area contributed by atoms with Crippen molar-refractivity contribution in [2.75, 3.05) is 7.11 Å². The number of aliphatic hydroxyl groups excluding tert-OH is 1. The second-order valence-electron chi connectivity index (χ2n) is 8.51. The van der Waals surface area contributed by atoms with Crippen LogP contribution in [0.3, 0.4) is 0 Å². The van der Waals surface area contributed by atoms with Gasteiger partial charge < -0.3 is 14.7 Å². The molecule has 0 bridgehead atoms. The van der Waals surface area contributed by atoms with E-state index in [1.54, 1.807) is 7.11 Å².